The van der Waals surface area contributed by atoms with Gasteiger partial charge in [0, 0.05) is 6.54 Å². The Morgan fingerprint density at radius 3 is 2.27 bits per heavy atom. The molecule has 2 aromatic carbocycles. The van der Waals surface area contributed by atoms with Crippen molar-refractivity contribution in [1.82, 2.24) is 4.72 Å². The van der Waals surface area contributed by atoms with Crippen molar-refractivity contribution in [1.29, 1.82) is 0 Å². The molecule has 0 saturated carbocycles. The second-order valence-electron chi connectivity index (χ2n) is 4.47. The van der Waals surface area contributed by atoms with E-state index in [0.717, 1.165) is 11.3 Å². The average molecular weight is 386 g/mol. The van der Waals surface area contributed by atoms with Crippen LogP contribution in [0.2, 0.25) is 0 Å². The molecule has 118 valence electrons. The number of ether oxygens (including phenoxy) is 2. The van der Waals surface area contributed by atoms with Gasteiger partial charge in [0.1, 0.15) is 11.5 Å². The molecule has 0 unspecified atom stereocenters. The summed E-state index contributed by atoms with van der Waals surface area (Å²) in [5.74, 6) is 1.31. The van der Waals surface area contributed by atoms with Crippen LogP contribution in [0.3, 0.4) is 0 Å². The first-order valence-corrected chi connectivity index (χ1v) is 8.70. The molecular weight excluding hydrogens is 370 g/mol. The summed E-state index contributed by atoms with van der Waals surface area (Å²) in [5.41, 5.74) is 0.844. The lowest BCUT2D eigenvalue weighted by Gasteiger charge is -2.09. The van der Waals surface area contributed by atoms with Crippen molar-refractivity contribution in [3.8, 4) is 11.5 Å². The molecule has 0 saturated heterocycles. The zero-order valence-corrected chi connectivity index (χ0v) is 14.6. The Kier molecular flexibility index (Phi) is 5.44. The minimum Gasteiger partial charge on any atom is -0.497 e. The average Bonchev–Trinajstić information content (AvgIpc) is 2.53. The van der Waals surface area contributed by atoms with Gasteiger partial charge in [-0.1, -0.05) is 12.1 Å². The summed E-state index contributed by atoms with van der Waals surface area (Å²) in [6, 6.07) is 11.8. The molecule has 0 radical (unpaired) electrons. The van der Waals surface area contributed by atoms with E-state index in [1.807, 2.05) is 12.1 Å². The fourth-order valence-corrected chi connectivity index (χ4v) is 3.56. The second kappa shape index (κ2) is 7.13. The van der Waals surface area contributed by atoms with Gasteiger partial charge in [0.15, 0.2) is 0 Å². The monoisotopic (exact) mass is 385 g/mol. The molecule has 0 aliphatic carbocycles. The first-order chi connectivity index (χ1) is 10.5. The van der Waals surface area contributed by atoms with Crippen molar-refractivity contribution in [3.05, 3.63) is 52.5 Å². The van der Waals surface area contributed by atoms with E-state index >= 15 is 0 Å². The summed E-state index contributed by atoms with van der Waals surface area (Å²) < 4.78 is 37.9. The third kappa shape index (κ3) is 4.00. The zero-order valence-electron chi connectivity index (χ0n) is 12.2. The van der Waals surface area contributed by atoms with Gasteiger partial charge < -0.3 is 9.47 Å². The van der Waals surface area contributed by atoms with Crippen molar-refractivity contribution >= 4 is 26.0 Å². The van der Waals surface area contributed by atoms with Crippen molar-refractivity contribution < 1.29 is 17.9 Å². The molecule has 1 N–H and O–H groups in total. The Balaban J connectivity index is 2.11. The molecule has 22 heavy (non-hydrogen) atoms. The normalized spacial score (nSPS) is 11.2. The summed E-state index contributed by atoms with van der Waals surface area (Å²) in [4.78, 5) is 0.175. The Hall–Kier alpha value is -1.57. The van der Waals surface area contributed by atoms with Gasteiger partial charge in [-0.3, -0.25) is 0 Å². The largest absolute Gasteiger partial charge is 0.497 e. The van der Waals surface area contributed by atoms with Crippen LogP contribution >= 0.6 is 15.9 Å². The van der Waals surface area contributed by atoms with Gasteiger partial charge in [-0.05, 0) is 51.8 Å². The van der Waals surface area contributed by atoms with Crippen LogP contribution in [0.1, 0.15) is 5.56 Å². The smallest absolute Gasteiger partial charge is 0.240 e. The number of rotatable bonds is 6. The first kappa shape index (κ1) is 16.8. The maximum atomic E-state index is 12.3. The summed E-state index contributed by atoms with van der Waals surface area (Å²) in [6.45, 7) is 0.204. The predicted octanol–water partition coefficient (Wildman–Crippen LogP) is 2.94. The van der Waals surface area contributed by atoms with E-state index < -0.39 is 10.0 Å². The first-order valence-electron chi connectivity index (χ1n) is 6.42. The van der Waals surface area contributed by atoms with Gasteiger partial charge in [-0.2, -0.15) is 0 Å². The molecular formula is C15H16BrNO4S. The molecule has 7 heteroatoms. The topological polar surface area (TPSA) is 64.6 Å². The van der Waals surface area contributed by atoms with Crippen LogP contribution in [0.5, 0.6) is 11.5 Å². The highest BCUT2D eigenvalue weighted by molar-refractivity contribution is 9.10. The number of hydrogen-bond donors (Lipinski definition) is 1. The second-order valence-corrected chi connectivity index (χ2v) is 7.09. The molecule has 5 nitrogen and oxygen atoms in total. The van der Waals surface area contributed by atoms with Crippen molar-refractivity contribution in [2.45, 2.75) is 11.4 Å². The summed E-state index contributed by atoms with van der Waals surface area (Å²) in [5, 5.41) is 0. The van der Waals surface area contributed by atoms with E-state index in [4.69, 9.17) is 9.47 Å². The molecule has 0 aliphatic heterocycles. The molecule has 2 aromatic rings. The molecule has 0 aliphatic rings. The van der Waals surface area contributed by atoms with Gasteiger partial charge in [0.2, 0.25) is 10.0 Å². The van der Waals surface area contributed by atoms with E-state index in [9.17, 15) is 8.42 Å². The minimum absolute atomic E-state index is 0.175. The molecule has 0 atom stereocenters. The lowest BCUT2D eigenvalue weighted by molar-refractivity contribution is 0.411. The van der Waals surface area contributed by atoms with Crippen LogP contribution in [-0.2, 0) is 16.6 Å². The highest BCUT2D eigenvalue weighted by atomic mass is 79.9. The SMILES string of the molecule is COc1ccc(CNS(=O)(=O)c2ccc(OC)c(Br)c2)cc1. The molecule has 0 bridgehead atoms. The third-order valence-electron chi connectivity index (χ3n) is 3.06. The van der Waals surface area contributed by atoms with Gasteiger partial charge in [0.05, 0.1) is 23.6 Å². The van der Waals surface area contributed by atoms with E-state index in [1.54, 1.807) is 25.3 Å². The lowest BCUT2D eigenvalue weighted by Crippen LogP contribution is -2.23. The van der Waals surface area contributed by atoms with Crippen molar-refractivity contribution in [2.75, 3.05) is 14.2 Å². The predicted molar refractivity (Wildman–Crippen MR) is 87.7 cm³/mol. The molecule has 0 heterocycles. The van der Waals surface area contributed by atoms with E-state index in [0.29, 0.717) is 10.2 Å². The molecule has 0 amide bonds. The fraction of sp³-hybridized carbons (Fsp3) is 0.200. The summed E-state index contributed by atoms with van der Waals surface area (Å²) in [6.07, 6.45) is 0. The van der Waals surface area contributed by atoms with Gasteiger partial charge in [0.25, 0.3) is 0 Å². The molecule has 2 rings (SSSR count). The van der Waals surface area contributed by atoms with Crippen molar-refractivity contribution in [2.24, 2.45) is 0 Å². The van der Waals surface area contributed by atoms with E-state index in [2.05, 4.69) is 20.7 Å². The quantitative estimate of drug-likeness (QED) is 0.829. The summed E-state index contributed by atoms with van der Waals surface area (Å²) >= 11 is 3.28. The number of benzene rings is 2. The van der Waals surface area contributed by atoms with Crippen LogP contribution in [0.25, 0.3) is 0 Å². The van der Waals surface area contributed by atoms with Gasteiger partial charge in [-0.25, -0.2) is 13.1 Å². The van der Waals surface area contributed by atoms with Gasteiger partial charge >= 0.3 is 0 Å². The van der Waals surface area contributed by atoms with E-state index in [-0.39, 0.29) is 11.4 Å². The maximum Gasteiger partial charge on any atom is 0.240 e. The summed E-state index contributed by atoms with van der Waals surface area (Å²) in [7, 11) is -0.482. The molecule has 0 aromatic heterocycles. The highest BCUT2D eigenvalue weighted by Gasteiger charge is 2.15. The maximum absolute atomic E-state index is 12.3. The Labute approximate surface area is 138 Å². The van der Waals surface area contributed by atoms with E-state index in [1.165, 1.54) is 19.2 Å². The van der Waals surface area contributed by atoms with Crippen LogP contribution in [-0.4, -0.2) is 22.6 Å². The van der Waals surface area contributed by atoms with Crippen molar-refractivity contribution in [3.63, 3.8) is 0 Å². The van der Waals surface area contributed by atoms with Gasteiger partial charge in [-0.15, -0.1) is 0 Å². The molecule has 0 fully saturated rings. The highest BCUT2D eigenvalue weighted by Crippen LogP contribution is 2.27. The third-order valence-corrected chi connectivity index (χ3v) is 5.08. The standard InChI is InChI=1S/C15H16BrNO4S/c1-20-12-5-3-11(4-6-12)10-17-22(18,19)13-7-8-15(21-2)14(16)9-13/h3-9,17H,10H2,1-2H3. The Morgan fingerprint density at radius 1 is 1.05 bits per heavy atom. The number of methoxy groups -OCH3 is 2. The lowest BCUT2D eigenvalue weighted by atomic mass is 10.2. The van der Waals surface area contributed by atoms with Crippen LogP contribution in [0.15, 0.2) is 51.8 Å². The van der Waals surface area contributed by atoms with Crippen LogP contribution < -0.4 is 14.2 Å². The number of halogens is 1. The fourth-order valence-electron chi connectivity index (χ4n) is 1.82. The molecule has 0 spiro atoms. The Morgan fingerprint density at radius 2 is 1.73 bits per heavy atom. The zero-order chi connectivity index (χ0) is 16.2. The Bertz CT molecular complexity index is 745. The number of sulfonamides is 1. The van der Waals surface area contributed by atoms with Crippen LogP contribution in [0, 0.1) is 0 Å². The van der Waals surface area contributed by atoms with Crippen LogP contribution in [0.4, 0.5) is 0 Å². The number of nitrogens with one attached hydrogen (secondary N) is 1. The number of hydrogen-bond acceptors (Lipinski definition) is 4. The minimum atomic E-state index is -3.59.